The van der Waals surface area contributed by atoms with Crippen LogP contribution in [-0.4, -0.2) is 39.7 Å². The highest BCUT2D eigenvalue weighted by Gasteiger charge is 2.26. The monoisotopic (exact) mass is 337 g/mol. The van der Waals surface area contributed by atoms with Crippen molar-refractivity contribution < 1.29 is 4.79 Å². The van der Waals surface area contributed by atoms with Crippen LogP contribution >= 0.6 is 24.2 Å². The summed E-state index contributed by atoms with van der Waals surface area (Å²) in [6.07, 6.45) is 1.73. The average Bonchev–Trinajstić information content (AvgIpc) is 3.05. The van der Waals surface area contributed by atoms with Crippen LogP contribution in [-0.2, 0) is 0 Å². The van der Waals surface area contributed by atoms with Crippen LogP contribution < -0.4 is 10.6 Å². The topological polar surface area (TPSA) is 71.8 Å². The smallest absolute Gasteiger partial charge is 0.273 e. The van der Waals surface area contributed by atoms with Crippen LogP contribution in [0.3, 0.4) is 0 Å². The first kappa shape index (κ1) is 15.3. The molecule has 116 valence electrons. The predicted molar refractivity (Wildman–Crippen MR) is 86.5 cm³/mol. The Labute approximate surface area is 138 Å². The van der Waals surface area contributed by atoms with Crippen LogP contribution in [0.4, 0.5) is 0 Å². The Balaban J connectivity index is 0.00000144. The number of thioether (sulfide) groups is 1. The second-order valence-corrected chi connectivity index (χ2v) is 6.33. The van der Waals surface area contributed by atoms with Gasteiger partial charge in [-0.05, 0) is 11.6 Å². The molecule has 2 aliphatic heterocycles. The fourth-order valence-corrected chi connectivity index (χ4v) is 3.69. The molecule has 2 N–H and O–H groups in total. The van der Waals surface area contributed by atoms with E-state index in [1.165, 1.54) is 10.5 Å². The summed E-state index contributed by atoms with van der Waals surface area (Å²) in [4.78, 5) is 13.5. The van der Waals surface area contributed by atoms with Gasteiger partial charge in [0.25, 0.3) is 5.91 Å². The average molecular weight is 338 g/mol. The molecule has 22 heavy (non-hydrogen) atoms. The Hall–Kier alpha value is -1.57. The molecule has 0 saturated carbocycles. The van der Waals surface area contributed by atoms with Crippen molar-refractivity contribution >= 4 is 30.1 Å². The van der Waals surface area contributed by atoms with Crippen LogP contribution in [0.5, 0.6) is 0 Å². The van der Waals surface area contributed by atoms with Gasteiger partial charge < -0.3 is 10.6 Å². The minimum absolute atomic E-state index is 0. The summed E-state index contributed by atoms with van der Waals surface area (Å²) in [5.41, 5.74) is 1.57. The number of rotatable bonds is 3. The zero-order valence-corrected chi connectivity index (χ0v) is 13.4. The molecule has 3 heterocycles. The van der Waals surface area contributed by atoms with Gasteiger partial charge >= 0.3 is 0 Å². The summed E-state index contributed by atoms with van der Waals surface area (Å²) in [7, 11) is 0. The third kappa shape index (κ3) is 2.71. The minimum Gasteiger partial charge on any atom is -0.343 e. The molecule has 0 radical (unpaired) electrons. The normalized spacial score (nSPS) is 19.9. The molecule has 2 aliphatic rings. The summed E-state index contributed by atoms with van der Waals surface area (Å²) in [6, 6.07) is 8.55. The van der Waals surface area contributed by atoms with Gasteiger partial charge in [-0.2, -0.15) is 0 Å². The van der Waals surface area contributed by atoms with Gasteiger partial charge in [-0.15, -0.1) is 29.3 Å². The van der Waals surface area contributed by atoms with E-state index in [1.54, 1.807) is 22.6 Å². The molecular formula is C14H16ClN5OS. The van der Waals surface area contributed by atoms with Crippen molar-refractivity contribution in [1.82, 2.24) is 25.6 Å². The van der Waals surface area contributed by atoms with E-state index >= 15 is 0 Å². The standard InChI is InChI=1S/C14H15N5OS.ClH/c20-14(11-7-19(18-17-11)9-5-15-6-9)16-12-8-21-13-4-2-1-3-10(12)13;/h1-4,7,9,12,15H,5-6,8H2,(H,16,20);1H. The Kier molecular flexibility index (Phi) is 4.37. The first-order valence-electron chi connectivity index (χ1n) is 6.96. The van der Waals surface area contributed by atoms with Gasteiger partial charge in [-0.1, -0.05) is 23.4 Å². The van der Waals surface area contributed by atoms with E-state index in [4.69, 9.17) is 0 Å². The highest BCUT2D eigenvalue weighted by atomic mass is 35.5. The van der Waals surface area contributed by atoms with Gasteiger partial charge in [0, 0.05) is 23.7 Å². The first-order valence-corrected chi connectivity index (χ1v) is 7.95. The Bertz CT molecular complexity index is 687. The fourth-order valence-electron chi connectivity index (χ4n) is 2.53. The van der Waals surface area contributed by atoms with Crippen LogP contribution in [0.15, 0.2) is 35.4 Å². The van der Waals surface area contributed by atoms with Crippen molar-refractivity contribution in [3.05, 3.63) is 41.7 Å². The fraction of sp³-hybridized carbons (Fsp3) is 0.357. The molecule has 0 aliphatic carbocycles. The zero-order chi connectivity index (χ0) is 14.2. The van der Waals surface area contributed by atoms with Crippen LogP contribution in [0.1, 0.15) is 28.1 Å². The van der Waals surface area contributed by atoms with E-state index in [1.807, 2.05) is 12.1 Å². The highest BCUT2D eigenvalue weighted by molar-refractivity contribution is 7.99. The number of hydrogen-bond donors (Lipinski definition) is 2. The lowest BCUT2D eigenvalue weighted by Gasteiger charge is -2.26. The zero-order valence-electron chi connectivity index (χ0n) is 11.7. The largest absolute Gasteiger partial charge is 0.343 e. The summed E-state index contributed by atoms with van der Waals surface area (Å²) < 4.78 is 1.77. The number of carbonyl (C=O) groups excluding carboxylic acids is 1. The van der Waals surface area contributed by atoms with Gasteiger partial charge in [0.05, 0.1) is 18.3 Å². The Morgan fingerprint density at radius 2 is 2.18 bits per heavy atom. The lowest BCUT2D eigenvalue weighted by molar-refractivity contribution is 0.0935. The van der Waals surface area contributed by atoms with Crippen LogP contribution in [0, 0.1) is 0 Å². The summed E-state index contributed by atoms with van der Waals surface area (Å²) in [5.74, 6) is 0.710. The number of fused-ring (bicyclic) bond motifs is 1. The van der Waals surface area contributed by atoms with E-state index in [0.29, 0.717) is 11.7 Å². The second-order valence-electron chi connectivity index (χ2n) is 5.27. The molecule has 1 saturated heterocycles. The number of hydrogen-bond acceptors (Lipinski definition) is 5. The van der Waals surface area contributed by atoms with E-state index < -0.39 is 0 Å². The maximum Gasteiger partial charge on any atom is 0.273 e. The number of amides is 1. The number of benzene rings is 1. The first-order chi connectivity index (χ1) is 10.3. The molecule has 1 fully saturated rings. The maximum atomic E-state index is 12.3. The predicted octanol–water partition coefficient (Wildman–Crippen LogP) is 1.42. The summed E-state index contributed by atoms with van der Waals surface area (Å²) in [5, 5.41) is 14.2. The van der Waals surface area contributed by atoms with E-state index in [0.717, 1.165) is 18.8 Å². The van der Waals surface area contributed by atoms with Crippen LogP contribution in [0.25, 0.3) is 0 Å². The lowest BCUT2D eigenvalue weighted by Crippen LogP contribution is -2.43. The third-order valence-electron chi connectivity index (χ3n) is 3.88. The second kappa shape index (κ2) is 6.28. The van der Waals surface area contributed by atoms with E-state index in [-0.39, 0.29) is 24.4 Å². The van der Waals surface area contributed by atoms with E-state index in [9.17, 15) is 4.79 Å². The molecule has 1 aromatic carbocycles. The molecular weight excluding hydrogens is 322 g/mol. The Morgan fingerprint density at radius 1 is 1.36 bits per heavy atom. The number of halogens is 1. The third-order valence-corrected chi connectivity index (χ3v) is 5.07. The van der Waals surface area contributed by atoms with Crippen molar-refractivity contribution in [3.8, 4) is 0 Å². The lowest BCUT2D eigenvalue weighted by atomic mass is 10.1. The summed E-state index contributed by atoms with van der Waals surface area (Å²) >= 11 is 1.77. The number of nitrogens with one attached hydrogen (secondary N) is 2. The molecule has 8 heteroatoms. The van der Waals surface area contributed by atoms with Gasteiger partial charge in [0.15, 0.2) is 5.69 Å². The highest BCUT2D eigenvalue weighted by Crippen LogP contribution is 2.37. The van der Waals surface area contributed by atoms with Gasteiger partial charge in [-0.3, -0.25) is 4.79 Å². The molecule has 1 atom stereocenters. The molecule has 2 aromatic rings. The minimum atomic E-state index is -0.157. The quantitative estimate of drug-likeness (QED) is 0.886. The van der Waals surface area contributed by atoms with Crippen molar-refractivity contribution in [2.24, 2.45) is 0 Å². The van der Waals surface area contributed by atoms with Gasteiger partial charge in [0.2, 0.25) is 0 Å². The summed E-state index contributed by atoms with van der Waals surface area (Å²) in [6.45, 7) is 1.77. The molecule has 6 nitrogen and oxygen atoms in total. The number of carbonyl (C=O) groups is 1. The van der Waals surface area contributed by atoms with Gasteiger partial charge in [-0.25, -0.2) is 4.68 Å². The molecule has 0 bridgehead atoms. The van der Waals surface area contributed by atoms with Crippen molar-refractivity contribution in [2.45, 2.75) is 17.0 Å². The molecule has 4 rings (SSSR count). The Morgan fingerprint density at radius 3 is 2.95 bits per heavy atom. The van der Waals surface area contributed by atoms with Crippen molar-refractivity contribution in [2.75, 3.05) is 18.8 Å². The molecule has 1 unspecified atom stereocenters. The molecule has 1 aromatic heterocycles. The van der Waals surface area contributed by atoms with Gasteiger partial charge in [0.1, 0.15) is 0 Å². The molecule has 0 spiro atoms. The SMILES string of the molecule is Cl.O=C(NC1CSc2ccccc21)c1cn(C2CNC2)nn1. The number of nitrogens with zero attached hydrogens (tertiary/aromatic N) is 3. The van der Waals surface area contributed by atoms with Crippen molar-refractivity contribution in [3.63, 3.8) is 0 Å². The van der Waals surface area contributed by atoms with E-state index in [2.05, 4.69) is 33.1 Å². The van der Waals surface area contributed by atoms with Crippen LogP contribution in [0.2, 0.25) is 0 Å². The maximum absolute atomic E-state index is 12.3. The molecule has 1 amide bonds. The number of aromatic nitrogens is 3. The van der Waals surface area contributed by atoms with Crippen molar-refractivity contribution in [1.29, 1.82) is 0 Å².